The van der Waals surface area contributed by atoms with Crippen LogP contribution in [0.5, 0.6) is 11.8 Å². The number of piperidine rings is 2. The van der Waals surface area contributed by atoms with Crippen molar-refractivity contribution in [3.05, 3.63) is 34.0 Å². The molecule has 2 atom stereocenters. The van der Waals surface area contributed by atoms with Gasteiger partial charge >= 0.3 is 12.2 Å². The number of rotatable bonds is 7. The standard InChI is InChI=1S/C29H36ClF3N6O2/c30-22-11-20(40)12-24(25(22)29(31,32)33)38-10-5-21-23(15-38)35-27(36-26(21)39-14-18-3-4-19(39)13-34-18)41-17-28(6-7-28)16-37-8-1-2-9-37/h11-12,18-19,34,40H,1-10,13-17H2/i17D2. The van der Waals surface area contributed by atoms with Crippen LogP contribution in [0.1, 0.15) is 58.1 Å². The molecule has 1 aromatic heterocycles. The normalized spacial score (nSPS) is 26.5. The summed E-state index contributed by atoms with van der Waals surface area (Å²) >= 11 is 6.00. The van der Waals surface area contributed by atoms with Gasteiger partial charge < -0.3 is 29.9 Å². The molecule has 1 aliphatic carbocycles. The van der Waals surface area contributed by atoms with Gasteiger partial charge in [0, 0.05) is 55.3 Å². The van der Waals surface area contributed by atoms with E-state index in [0.717, 1.165) is 69.6 Å². The molecule has 8 nitrogen and oxygen atoms in total. The van der Waals surface area contributed by atoms with Gasteiger partial charge in [0.1, 0.15) is 11.6 Å². The number of nitrogens with one attached hydrogen (secondary N) is 1. The molecule has 1 saturated carbocycles. The Kier molecular flexibility index (Phi) is 6.32. The number of phenolic OH excluding ortho intramolecular Hbond substituents is 1. The largest absolute Gasteiger partial charge is 0.508 e. The van der Waals surface area contributed by atoms with Gasteiger partial charge in [0.15, 0.2) is 0 Å². The third-order valence-electron chi connectivity index (χ3n) is 9.26. The molecule has 222 valence electrons. The summed E-state index contributed by atoms with van der Waals surface area (Å²) in [6.07, 6.45) is 1.35. The number of likely N-dealkylation sites (tertiary alicyclic amines) is 1. The first-order chi connectivity index (χ1) is 20.4. The van der Waals surface area contributed by atoms with Crippen molar-refractivity contribution in [1.82, 2.24) is 20.2 Å². The van der Waals surface area contributed by atoms with Crippen LogP contribution in [0.15, 0.2) is 12.1 Å². The van der Waals surface area contributed by atoms with E-state index in [1.807, 2.05) is 0 Å². The fourth-order valence-electron chi connectivity index (χ4n) is 6.92. The SMILES string of the molecule is [2H]C([2H])(Oc1nc2c(c(N3CC4CCC3CN4)n1)CCN(c1cc(O)cc(Cl)c1C(F)(F)F)C2)C1(CN2CCCC2)CC1. The highest BCUT2D eigenvalue weighted by Gasteiger charge is 2.46. The van der Waals surface area contributed by atoms with Crippen LogP contribution < -0.4 is 19.9 Å². The second-order valence-electron chi connectivity index (χ2n) is 12.2. The number of fused-ring (bicyclic) bond motifs is 4. The first-order valence-electron chi connectivity index (χ1n) is 15.6. The van der Waals surface area contributed by atoms with Crippen molar-refractivity contribution in [3.8, 4) is 11.8 Å². The number of anilines is 2. The zero-order chi connectivity index (χ0) is 30.1. The van der Waals surface area contributed by atoms with Gasteiger partial charge in [-0.2, -0.15) is 23.1 Å². The van der Waals surface area contributed by atoms with Gasteiger partial charge in [-0.1, -0.05) is 11.6 Å². The van der Waals surface area contributed by atoms with Crippen LogP contribution in [0.3, 0.4) is 0 Å². The van der Waals surface area contributed by atoms with Crippen LogP contribution in [0.2, 0.25) is 5.02 Å². The molecule has 5 fully saturated rings. The summed E-state index contributed by atoms with van der Waals surface area (Å²) in [5.74, 6) is 0.324. The van der Waals surface area contributed by atoms with E-state index >= 15 is 0 Å². The molecule has 8 rings (SSSR count). The van der Waals surface area contributed by atoms with Crippen molar-refractivity contribution < 1.29 is 25.8 Å². The smallest absolute Gasteiger partial charge is 0.419 e. The number of benzene rings is 1. The van der Waals surface area contributed by atoms with Gasteiger partial charge in [0.05, 0.1) is 37.8 Å². The predicted octanol–water partition coefficient (Wildman–Crippen LogP) is 4.61. The van der Waals surface area contributed by atoms with E-state index in [4.69, 9.17) is 24.1 Å². The van der Waals surface area contributed by atoms with Crippen molar-refractivity contribution in [2.45, 2.75) is 69.8 Å². The molecule has 6 aliphatic rings. The lowest BCUT2D eigenvalue weighted by atomic mass is 9.92. The highest BCUT2D eigenvalue weighted by Crippen LogP contribution is 2.48. The molecule has 5 aliphatic heterocycles. The number of nitrogens with zero attached hydrogens (tertiary/aromatic N) is 5. The number of hydrogen-bond donors (Lipinski definition) is 2. The second kappa shape index (κ2) is 10.3. The summed E-state index contributed by atoms with van der Waals surface area (Å²) in [5, 5.41) is 13.1. The molecular formula is C29H36ClF3N6O2. The Balaban J connectivity index is 1.25. The molecule has 0 amide bonds. The van der Waals surface area contributed by atoms with E-state index in [-0.39, 0.29) is 36.6 Å². The van der Waals surface area contributed by atoms with E-state index in [9.17, 15) is 18.3 Å². The average molecular weight is 595 g/mol. The van der Waals surface area contributed by atoms with Gasteiger partial charge in [0.25, 0.3) is 0 Å². The third kappa shape index (κ3) is 5.41. The second-order valence-corrected chi connectivity index (χ2v) is 12.6. The number of hydrogen-bond acceptors (Lipinski definition) is 8. The summed E-state index contributed by atoms with van der Waals surface area (Å²) < 4.78 is 66.3. The van der Waals surface area contributed by atoms with Crippen LogP contribution in [0.25, 0.3) is 0 Å². The lowest BCUT2D eigenvalue weighted by Gasteiger charge is -2.47. The minimum absolute atomic E-state index is 0.00613. The Hall–Kier alpha value is -2.50. The Morgan fingerprint density at radius 3 is 2.63 bits per heavy atom. The zero-order valence-corrected chi connectivity index (χ0v) is 23.6. The maximum atomic E-state index is 14.1. The lowest BCUT2D eigenvalue weighted by Crippen LogP contribution is -2.61. The Morgan fingerprint density at radius 2 is 1.98 bits per heavy atom. The van der Waals surface area contributed by atoms with Crippen LogP contribution in [-0.2, 0) is 19.1 Å². The van der Waals surface area contributed by atoms with Gasteiger partial charge in [-0.25, -0.2) is 0 Å². The van der Waals surface area contributed by atoms with Crippen molar-refractivity contribution >= 4 is 23.1 Å². The number of phenols is 1. The lowest BCUT2D eigenvalue weighted by molar-refractivity contribution is -0.137. The van der Waals surface area contributed by atoms with Crippen molar-refractivity contribution in [3.63, 3.8) is 0 Å². The molecule has 2 unspecified atom stereocenters. The molecule has 41 heavy (non-hydrogen) atoms. The van der Waals surface area contributed by atoms with Crippen molar-refractivity contribution in [2.75, 3.05) is 55.6 Å². The molecule has 12 heteroatoms. The Bertz CT molecular complexity index is 1400. The summed E-state index contributed by atoms with van der Waals surface area (Å²) in [5.41, 5.74) is -0.529. The number of aromatic hydroxyl groups is 1. The number of alkyl halides is 3. The number of aromatic nitrogens is 2. The molecule has 2 aromatic rings. The quantitative estimate of drug-likeness (QED) is 0.481. The highest BCUT2D eigenvalue weighted by molar-refractivity contribution is 6.32. The first kappa shape index (κ1) is 25.0. The number of piperazine rings is 1. The molecule has 0 spiro atoms. The van der Waals surface area contributed by atoms with Crippen molar-refractivity contribution in [1.29, 1.82) is 0 Å². The number of halogens is 4. The van der Waals surface area contributed by atoms with Gasteiger partial charge in [-0.05, 0) is 64.1 Å². The summed E-state index contributed by atoms with van der Waals surface area (Å²) in [6.45, 7) is 2.31. The maximum Gasteiger partial charge on any atom is 0.419 e. The fraction of sp³-hybridized carbons (Fsp3) is 0.655. The van der Waals surface area contributed by atoms with E-state index in [1.165, 1.54) is 4.90 Å². The summed E-state index contributed by atoms with van der Waals surface area (Å²) in [4.78, 5) is 15.5. The van der Waals surface area contributed by atoms with Crippen LogP contribution in [0.4, 0.5) is 24.7 Å². The van der Waals surface area contributed by atoms with E-state index in [2.05, 4.69) is 20.1 Å². The maximum absolute atomic E-state index is 14.1. The van der Waals surface area contributed by atoms with E-state index in [1.54, 1.807) is 0 Å². The van der Waals surface area contributed by atoms with Gasteiger partial charge in [-0.3, -0.25) is 0 Å². The average Bonchev–Trinajstić information content (AvgIpc) is 3.57. The van der Waals surface area contributed by atoms with Crippen LogP contribution >= 0.6 is 11.6 Å². The Labute approximate surface area is 245 Å². The minimum atomic E-state index is -4.73. The summed E-state index contributed by atoms with van der Waals surface area (Å²) in [7, 11) is 0. The number of ether oxygens (including phenoxy) is 1. The van der Waals surface area contributed by atoms with Crippen LogP contribution in [-0.4, -0.2) is 77.9 Å². The Morgan fingerprint density at radius 1 is 1.17 bits per heavy atom. The molecule has 4 saturated heterocycles. The van der Waals surface area contributed by atoms with Crippen molar-refractivity contribution in [2.24, 2.45) is 5.41 Å². The molecule has 6 heterocycles. The molecule has 0 radical (unpaired) electrons. The van der Waals surface area contributed by atoms with E-state index < -0.39 is 28.7 Å². The summed E-state index contributed by atoms with van der Waals surface area (Å²) in [6, 6.07) is 2.41. The highest BCUT2D eigenvalue weighted by atomic mass is 35.5. The molecular weight excluding hydrogens is 557 g/mol. The fourth-order valence-corrected chi connectivity index (χ4v) is 7.24. The minimum Gasteiger partial charge on any atom is -0.508 e. The van der Waals surface area contributed by atoms with Gasteiger partial charge in [-0.15, -0.1) is 0 Å². The monoisotopic (exact) mass is 594 g/mol. The van der Waals surface area contributed by atoms with Crippen LogP contribution in [0, 0.1) is 5.41 Å². The molecule has 2 N–H and O–H groups in total. The molecule has 2 bridgehead atoms. The topological polar surface area (TPSA) is 77.0 Å². The predicted molar refractivity (Wildman–Crippen MR) is 150 cm³/mol. The first-order valence-corrected chi connectivity index (χ1v) is 15.0. The molecule has 1 aromatic carbocycles. The van der Waals surface area contributed by atoms with E-state index in [0.29, 0.717) is 43.4 Å². The zero-order valence-electron chi connectivity index (χ0n) is 24.8. The third-order valence-corrected chi connectivity index (χ3v) is 9.56. The van der Waals surface area contributed by atoms with Gasteiger partial charge in [0.2, 0.25) is 0 Å².